The van der Waals surface area contributed by atoms with E-state index in [1.54, 1.807) is 48.9 Å². The van der Waals surface area contributed by atoms with Crippen LogP contribution in [0.25, 0.3) is 0 Å². The summed E-state index contributed by atoms with van der Waals surface area (Å²) in [6, 6.07) is 9.31. The molecule has 0 spiro atoms. The maximum atomic E-state index is 14.0. The second-order valence-corrected chi connectivity index (χ2v) is 10.2. The van der Waals surface area contributed by atoms with Crippen molar-refractivity contribution in [3.63, 3.8) is 0 Å². The van der Waals surface area contributed by atoms with Crippen LogP contribution in [0.3, 0.4) is 0 Å². The maximum Gasteiger partial charge on any atom is 0.416 e. The minimum atomic E-state index is -4.59. The Balaban J connectivity index is 1.48. The molecule has 1 atom stereocenters. The lowest BCUT2D eigenvalue weighted by atomic mass is 9.78. The molecule has 7 nitrogen and oxygen atoms in total. The molecule has 1 aliphatic heterocycles. The lowest BCUT2D eigenvalue weighted by molar-refractivity contribution is -0.138. The number of hydrogen-bond donors (Lipinski definition) is 2. The Morgan fingerprint density at radius 3 is 2.56 bits per heavy atom. The van der Waals surface area contributed by atoms with Gasteiger partial charge in [-0.1, -0.05) is 12.1 Å². The highest BCUT2D eigenvalue weighted by Crippen LogP contribution is 2.40. The third-order valence-corrected chi connectivity index (χ3v) is 7.45. The summed E-state index contributed by atoms with van der Waals surface area (Å²) in [5, 5.41) is 22.3. The molecule has 2 aliphatic rings. The second-order valence-electron chi connectivity index (χ2n) is 10.2. The molecule has 1 saturated carbocycles. The lowest BCUT2D eigenvalue weighted by Crippen LogP contribution is -2.47. The van der Waals surface area contributed by atoms with E-state index >= 15 is 0 Å². The standard InChI is InChI=1S/C26H28F3N5O2/c1-24(8-5-9-24)30-13-16-10-19-20(21(11-16)26(27,28)29)14-34(22(19)35)18-7-4-6-17(12-18)25(2,36)23-32-31-15-33(23)3/h4,6-7,10-12,15,30,36H,5,8-9,13-14H2,1-3H3/t25-/m1/s1. The number of benzene rings is 2. The molecule has 1 fully saturated rings. The van der Waals surface area contributed by atoms with Gasteiger partial charge in [0, 0.05) is 30.4 Å². The van der Waals surface area contributed by atoms with Gasteiger partial charge in [-0.05, 0) is 74.1 Å². The number of halogens is 3. The molecule has 0 unspecified atom stereocenters. The van der Waals surface area contributed by atoms with Gasteiger partial charge in [-0.2, -0.15) is 13.2 Å². The number of anilines is 1. The molecular formula is C26H28F3N5O2. The molecule has 2 heterocycles. The van der Waals surface area contributed by atoms with E-state index in [0.29, 0.717) is 22.6 Å². The average molecular weight is 500 g/mol. The number of hydrogen-bond acceptors (Lipinski definition) is 5. The summed E-state index contributed by atoms with van der Waals surface area (Å²) in [5.74, 6) is -0.199. The van der Waals surface area contributed by atoms with Gasteiger partial charge in [0.25, 0.3) is 5.91 Å². The van der Waals surface area contributed by atoms with Crippen molar-refractivity contribution in [3.8, 4) is 0 Å². The van der Waals surface area contributed by atoms with E-state index < -0.39 is 23.2 Å². The van der Waals surface area contributed by atoms with Crippen molar-refractivity contribution in [1.82, 2.24) is 20.1 Å². The molecule has 1 aromatic heterocycles. The van der Waals surface area contributed by atoms with Crippen LogP contribution >= 0.6 is 0 Å². The lowest BCUT2D eigenvalue weighted by Gasteiger charge is -2.39. The molecule has 2 N–H and O–H groups in total. The summed E-state index contributed by atoms with van der Waals surface area (Å²) in [5.41, 5.74) is -1.09. The first kappa shape index (κ1) is 24.5. The van der Waals surface area contributed by atoms with Crippen LogP contribution in [0.15, 0.2) is 42.7 Å². The van der Waals surface area contributed by atoms with E-state index in [9.17, 15) is 23.1 Å². The van der Waals surface area contributed by atoms with Gasteiger partial charge in [-0.25, -0.2) is 0 Å². The van der Waals surface area contributed by atoms with Gasteiger partial charge in [-0.15, -0.1) is 10.2 Å². The molecular weight excluding hydrogens is 471 g/mol. The Morgan fingerprint density at radius 1 is 1.19 bits per heavy atom. The summed E-state index contributed by atoms with van der Waals surface area (Å²) < 4.78 is 43.7. The van der Waals surface area contributed by atoms with Gasteiger partial charge < -0.3 is 19.9 Å². The van der Waals surface area contributed by atoms with Crippen LogP contribution in [0.2, 0.25) is 0 Å². The zero-order valence-corrected chi connectivity index (χ0v) is 20.4. The van der Waals surface area contributed by atoms with Crippen molar-refractivity contribution in [3.05, 3.63) is 76.4 Å². The van der Waals surface area contributed by atoms with Crippen molar-refractivity contribution in [1.29, 1.82) is 0 Å². The topological polar surface area (TPSA) is 83.3 Å². The SMILES string of the molecule is Cn1cnnc1[C@](C)(O)c1cccc(N2Cc3c(cc(CNC4(C)CCC4)cc3C(F)(F)F)C2=O)c1. The predicted molar refractivity (Wildman–Crippen MR) is 127 cm³/mol. The summed E-state index contributed by atoms with van der Waals surface area (Å²) in [7, 11) is 1.70. The zero-order chi connectivity index (χ0) is 25.9. The molecule has 2 aromatic carbocycles. The molecule has 1 amide bonds. The third-order valence-electron chi connectivity index (χ3n) is 7.45. The van der Waals surface area contributed by atoms with Crippen molar-refractivity contribution >= 4 is 11.6 Å². The molecule has 0 bridgehead atoms. The minimum absolute atomic E-state index is 0.0310. The molecule has 1 aliphatic carbocycles. The van der Waals surface area contributed by atoms with Crippen molar-refractivity contribution in [2.24, 2.45) is 7.05 Å². The molecule has 0 radical (unpaired) electrons. The summed E-state index contributed by atoms with van der Waals surface area (Å²) >= 11 is 0. The van der Waals surface area contributed by atoms with Crippen LogP contribution in [0.1, 0.15) is 71.5 Å². The van der Waals surface area contributed by atoms with E-state index in [1.165, 1.54) is 11.2 Å². The molecule has 0 saturated heterocycles. The predicted octanol–water partition coefficient (Wildman–Crippen LogP) is 4.28. The monoisotopic (exact) mass is 499 g/mol. The van der Waals surface area contributed by atoms with Crippen LogP contribution in [0, 0.1) is 0 Å². The first-order valence-corrected chi connectivity index (χ1v) is 11.9. The normalized spacial score (nSPS) is 18.6. The number of amides is 1. The van der Waals surface area contributed by atoms with Gasteiger partial charge >= 0.3 is 6.18 Å². The number of fused-ring (bicyclic) bond motifs is 1. The number of alkyl halides is 3. The third kappa shape index (κ3) is 4.18. The van der Waals surface area contributed by atoms with Gasteiger partial charge in [0.1, 0.15) is 11.9 Å². The molecule has 190 valence electrons. The highest BCUT2D eigenvalue weighted by molar-refractivity contribution is 6.10. The van der Waals surface area contributed by atoms with Gasteiger partial charge in [0.15, 0.2) is 5.82 Å². The molecule has 10 heteroatoms. The highest BCUT2D eigenvalue weighted by Gasteiger charge is 2.41. The van der Waals surface area contributed by atoms with Gasteiger partial charge in [0.2, 0.25) is 0 Å². The van der Waals surface area contributed by atoms with Crippen molar-refractivity contribution in [2.75, 3.05) is 4.90 Å². The summed E-state index contributed by atoms with van der Waals surface area (Å²) in [6.45, 7) is 3.67. The number of aromatic nitrogens is 3. The van der Waals surface area contributed by atoms with Crippen molar-refractivity contribution in [2.45, 2.75) is 63.5 Å². The summed E-state index contributed by atoms with van der Waals surface area (Å²) in [6.07, 6.45) is -0.0772. The largest absolute Gasteiger partial charge is 0.416 e. The Kier molecular flexibility index (Phi) is 5.72. The van der Waals surface area contributed by atoms with E-state index in [4.69, 9.17) is 0 Å². The number of carbonyl (C=O) groups excluding carboxylic acids is 1. The Bertz CT molecular complexity index is 1330. The number of nitrogens with one attached hydrogen (secondary N) is 1. The van der Waals surface area contributed by atoms with E-state index in [1.807, 2.05) is 0 Å². The molecule has 36 heavy (non-hydrogen) atoms. The fourth-order valence-electron chi connectivity index (χ4n) is 5.06. The van der Waals surface area contributed by atoms with Crippen LogP contribution in [-0.2, 0) is 31.9 Å². The second kappa shape index (κ2) is 8.41. The fraction of sp³-hybridized carbons (Fsp3) is 0.423. The Hall–Kier alpha value is -3.24. The first-order valence-electron chi connectivity index (χ1n) is 11.9. The molecule has 3 aromatic rings. The number of nitrogens with zero attached hydrogens (tertiary/aromatic N) is 4. The van der Waals surface area contributed by atoms with E-state index in [0.717, 1.165) is 25.3 Å². The minimum Gasteiger partial charge on any atom is -0.377 e. The summed E-state index contributed by atoms with van der Waals surface area (Å²) in [4.78, 5) is 14.7. The Morgan fingerprint density at radius 2 is 1.94 bits per heavy atom. The van der Waals surface area contributed by atoms with Crippen LogP contribution < -0.4 is 10.2 Å². The Labute approximate surface area is 207 Å². The van der Waals surface area contributed by atoms with Crippen LogP contribution in [-0.4, -0.2) is 31.3 Å². The number of rotatable bonds is 6. The average Bonchev–Trinajstić information content (AvgIpc) is 3.39. The van der Waals surface area contributed by atoms with E-state index in [-0.39, 0.29) is 29.8 Å². The van der Waals surface area contributed by atoms with Crippen LogP contribution in [0.5, 0.6) is 0 Å². The van der Waals surface area contributed by atoms with Gasteiger partial charge in [0.05, 0.1) is 12.1 Å². The van der Waals surface area contributed by atoms with Gasteiger partial charge in [-0.3, -0.25) is 4.79 Å². The number of aryl methyl sites for hydroxylation is 1. The number of aliphatic hydroxyl groups is 1. The maximum absolute atomic E-state index is 14.0. The highest BCUT2D eigenvalue weighted by atomic mass is 19.4. The number of carbonyl (C=O) groups is 1. The van der Waals surface area contributed by atoms with Crippen molar-refractivity contribution < 1.29 is 23.1 Å². The molecule has 5 rings (SSSR count). The first-order chi connectivity index (χ1) is 16.9. The quantitative estimate of drug-likeness (QED) is 0.529. The fourth-order valence-corrected chi connectivity index (χ4v) is 5.06. The van der Waals surface area contributed by atoms with E-state index in [2.05, 4.69) is 22.4 Å². The van der Waals surface area contributed by atoms with Crippen LogP contribution in [0.4, 0.5) is 18.9 Å². The smallest absolute Gasteiger partial charge is 0.377 e. The zero-order valence-electron chi connectivity index (χ0n) is 20.4.